The minimum atomic E-state index is -0.659. The number of likely N-dealkylation sites (tertiary alicyclic amines) is 1. The summed E-state index contributed by atoms with van der Waals surface area (Å²) in [5, 5.41) is 9.85. The second-order valence-corrected chi connectivity index (χ2v) is 9.31. The Bertz CT molecular complexity index is 794. The molecular formula is C22H26FNO2. The molecule has 0 radical (unpaired) electrons. The van der Waals surface area contributed by atoms with E-state index in [9.17, 15) is 14.3 Å². The first-order chi connectivity index (χ1) is 12.4. The summed E-state index contributed by atoms with van der Waals surface area (Å²) in [5.41, 5.74) is 2.15. The Balaban J connectivity index is 1.28. The van der Waals surface area contributed by atoms with E-state index in [0.29, 0.717) is 18.8 Å². The van der Waals surface area contributed by atoms with Gasteiger partial charge in [-0.3, -0.25) is 4.79 Å². The highest BCUT2D eigenvalue weighted by Gasteiger charge is 2.51. The van der Waals surface area contributed by atoms with Crippen molar-refractivity contribution in [3.05, 3.63) is 41.2 Å². The third kappa shape index (κ3) is 2.61. The zero-order chi connectivity index (χ0) is 18.1. The molecule has 1 N–H and O–H groups in total. The average Bonchev–Trinajstić information content (AvgIpc) is 3.28. The molecule has 1 aliphatic heterocycles. The molecule has 138 valence electrons. The summed E-state index contributed by atoms with van der Waals surface area (Å²) in [6.45, 7) is 3.29. The summed E-state index contributed by atoms with van der Waals surface area (Å²) in [4.78, 5) is 14.4. The summed E-state index contributed by atoms with van der Waals surface area (Å²) >= 11 is 0. The Morgan fingerprint density at radius 3 is 2.65 bits per heavy atom. The van der Waals surface area contributed by atoms with Gasteiger partial charge in [0.1, 0.15) is 5.82 Å². The fourth-order valence-electron chi connectivity index (χ4n) is 5.17. The van der Waals surface area contributed by atoms with Crippen LogP contribution in [0.1, 0.15) is 62.5 Å². The monoisotopic (exact) mass is 355 g/mol. The summed E-state index contributed by atoms with van der Waals surface area (Å²) in [7, 11) is 0. The van der Waals surface area contributed by atoms with E-state index in [2.05, 4.69) is 6.08 Å². The van der Waals surface area contributed by atoms with E-state index in [-0.39, 0.29) is 23.1 Å². The van der Waals surface area contributed by atoms with Gasteiger partial charge in [-0.25, -0.2) is 4.39 Å². The van der Waals surface area contributed by atoms with Gasteiger partial charge in [0.25, 0.3) is 0 Å². The molecule has 0 bridgehead atoms. The fourth-order valence-corrected chi connectivity index (χ4v) is 5.17. The summed E-state index contributed by atoms with van der Waals surface area (Å²) < 4.78 is 14.9. The van der Waals surface area contributed by atoms with Crippen LogP contribution in [0.2, 0.25) is 0 Å². The van der Waals surface area contributed by atoms with Crippen LogP contribution in [0.25, 0.3) is 5.57 Å². The molecule has 3 aliphatic carbocycles. The van der Waals surface area contributed by atoms with Crippen molar-refractivity contribution in [2.24, 2.45) is 11.3 Å². The Kier molecular flexibility index (Phi) is 3.43. The normalized spacial score (nSPS) is 32.2. The second-order valence-electron chi connectivity index (χ2n) is 9.31. The maximum absolute atomic E-state index is 14.9. The first-order valence-corrected chi connectivity index (χ1v) is 9.88. The van der Waals surface area contributed by atoms with Gasteiger partial charge in [-0.2, -0.15) is 0 Å². The smallest absolute Gasteiger partial charge is 0.225 e. The lowest BCUT2D eigenvalue weighted by atomic mass is 9.70. The Morgan fingerprint density at radius 1 is 1.27 bits per heavy atom. The third-order valence-electron chi connectivity index (χ3n) is 6.81. The van der Waals surface area contributed by atoms with Gasteiger partial charge in [0.15, 0.2) is 0 Å². The topological polar surface area (TPSA) is 40.5 Å². The van der Waals surface area contributed by atoms with E-state index >= 15 is 0 Å². The first-order valence-electron chi connectivity index (χ1n) is 9.88. The van der Waals surface area contributed by atoms with E-state index < -0.39 is 5.60 Å². The van der Waals surface area contributed by atoms with Crippen LogP contribution in [-0.4, -0.2) is 34.6 Å². The van der Waals surface area contributed by atoms with Gasteiger partial charge in [0.05, 0.1) is 5.60 Å². The highest BCUT2D eigenvalue weighted by atomic mass is 19.1. The third-order valence-corrected chi connectivity index (χ3v) is 6.81. The summed E-state index contributed by atoms with van der Waals surface area (Å²) in [5.74, 6) is 0.565. The van der Waals surface area contributed by atoms with Crippen LogP contribution in [0.3, 0.4) is 0 Å². The van der Waals surface area contributed by atoms with Gasteiger partial charge in [-0.1, -0.05) is 24.3 Å². The van der Waals surface area contributed by atoms with Gasteiger partial charge in [-0.15, -0.1) is 0 Å². The Morgan fingerprint density at radius 2 is 2.00 bits per heavy atom. The number of carbonyl (C=O) groups is 1. The van der Waals surface area contributed by atoms with Crippen molar-refractivity contribution in [3.8, 4) is 0 Å². The van der Waals surface area contributed by atoms with E-state index in [1.54, 1.807) is 6.92 Å². The Hall–Kier alpha value is -1.68. The highest BCUT2D eigenvalue weighted by Crippen LogP contribution is 2.50. The number of benzene rings is 1. The minimum Gasteiger partial charge on any atom is -0.390 e. The van der Waals surface area contributed by atoms with Crippen LogP contribution < -0.4 is 0 Å². The van der Waals surface area contributed by atoms with E-state index in [1.807, 2.05) is 23.1 Å². The number of nitrogens with zero attached hydrogens (tertiary/aromatic N) is 1. The molecule has 26 heavy (non-hydrogen) atoms. The maximum Gasteiger partial charge on any atom is 0.225 e. The number of rotatable bonds is 3. The zero-order valence-corrected chi connectivity index (χ0v) is 15.3. The van der Waals surface area contributed by atoms with E-state index in [0.717, 1.165) is 55.5 Å². The van der Waals surface area contributed by atoms with Crippen LogP contribution in [0.4, 0.5) is 4.39 Å². The van der Waals surface area contributed by atoms with Crippen molar-refractivity contribution in [2.45, 2.75) is 57.0 Å². The molecule has 3 fully saturated rings. The second kappa shape index (κ2) is 5.41. The SMILES string of the molecule is CC1(O)CC(C(=O)N2CC3(C=C(c4cccc(C5CC5)c4F)CC3)C2)C1. The predicted molar refractivity (Wildman–Crippen MR) is 97.9 cm³/mol. The lowest BCUT2D eigenvalue weighted by Gasteiger charge is -2.51. The Labute approximate surface area is 153 Å². The molecule has 0 aromatic heterocycles. The van der Waals surface area contributed by atoms with Crippen LogP contribution in [-0.2, 0) is 4.79 Å². The van der Waals surface area contributed by atoms with Crippen molar-refractivity contribution in [3.63, 3.8) is 0 Å². The molecule has 0 unspecified atom stereocenters. The van der Waals surface area contributed by atoms with Gasteiger partial charge in [0.2, 0.25) is 5.91 Å². The summed E-state index contributed by atoms with van der Waals surface area (Å²) in [6.07, 6.45) is 7.50. The predicted octanol–water partition coefficient (Wildman–Crippen LogP) is 3.87. The average molecular weight is 355 g/mol. The molecule has 1 heterocycles. The molecule has 4 heteroatoms. The largest absolute Gasteiger partial charge is 0.390 e. The molecule has 5 rings (SSSR count). The van der Waals surface area contributed by atoms with Crippen molar-refractivity contribution < 1.29 is 14.3 Å². The van der Waals surface area contributed by atoms with Crippen molar-refractivity contribution >= 4 is 11.5 Å². The lowest BCUT2D eigenvalue weighted by molar-refractivity contribution is -0.158. The maximum atomic E-state index is 14.9. The van der Waals surface area contributed by atoms with Gasteiger partial charge in [-0.05, 0) is 62.5 Å². The molecule has 1 saturated heterocycles. The zero-order valence-electron chi connectivity index (χ0n) is 15.3. The lowest BCUT2D eigenvalue weighted by Crippen LogP contribution is -2.60. The molecule has 1 spiro atoms. The van der Waals surface area contributed by atoms with Crippen molar-refractivity contribution in [2.75, 3.05) is 13.1 Å². The molecule has 4 aliphatic rings. The van der Waals surface area contributed by atoms with Crippen molar-refractivity contribution in [1.29, 1.82) is 0 Å². The van der Waals surface area contributed by atoms with Crippen molar-refractivity contribution in [1.82, 2.24) is 4.90 Å². The van der Waals surface area contributed by atoms with Gasteiger partial charge >= 0.3 is 0 Å². The minimum absolute atomic E-state index is 0.0140. The number of carbonyl (C=O) groups excluding carboxylic acids is 1. The number of aliphatic hydroxyl groups is 1. The molecule has 1 aromatic rings. The fraction of sp³-hybridized carbons (Fsp3) is 0.591. The van der Waals surface area contributed by atoms with Gasteiger partial charge < -0.3 is 10.0 Å². The number of hydrogen-bond acceptors (Lipinski definition) is 2. The van der Waals surface area contributed by atoms with E-state index in [1.165, 1.54) is 0 Å². The number of allylic oxidation sites excluding steroid dienone is 1. The van der Waals surface area contributed by atoms with Crippen LogP contribution in [0, 0.1) is 17.2 Å². The number of hydrogen-bond donors (Lipinski definition) is 1. The molecule has 2 saturated carbocycles. The van der Waals surface area contributed by atoms with Crippen LogP contribution >= 0.6 is 0 Å². The molecule has 0 atom stereocenters. The van der Waals surface area contributed by atoms with Crippen LogP contribution in [0.15, 0.2) is 24.3 Å². The number of halogens is 1. The molecule has 1 amide bonds. The molecular weight excluding hydrogens is 329 g/mol. The van der Waals surface area contributed by atoms with Gasteiger partial charge in [0, 0.05) is 30.0 Å². The standard InChI is InChI=1S/C22H26FNO2/c1-21(26)9-16(10-21)20(25)24-12-22(13-24)8-7-15(11-22)18-4-2-3-17(19(18)23)14-5-6-14/h2-4,11,14,16,26H,5-10,12-13H2,1H3. The van der Waals surface area contributed by atoms with Crippen LogP contribution in [0.5, 0.6) is 0 Å². The first kappa shape index (κ1) is 16.5. The number of amides is 1. The molecule has 3 nitrogen and oxygen atoms in total. The highest BCUT2D eigenvalue weighted by molar-refractivity contribution is 5.82. The summed E-state index contributed by atoms with van der Waals surface area (Å²) in [6, 6.07) is 5.82. The molecule has 1 aromatic carbocycles. The van der Waals surface area contributed by atoms with E-state index in [4.69, 9.17) is 0 Å². The quantitative estimate of drug-likeness (QED) is 0.894.